The normalized spacial score (nSPS) is 14.5. The molecule has 6 atom stereocenters. The number of likely N-dealkylation sites (tertiary alicyclic amines) is 1. The summed E-state index contributed by atoms with van der Waals surface area (Å²) in [6, 6.07) is 33.9. The van der Waals surface area contributed by atoms with E-state index < -0.39 is 89.9 Å². The highest BCUT2D eigenvalue weighted by atomic mass is 35.5. The first-order valence-corrected chi connectivity index (χ1v) is 31.0. The zero-order valence-electron chi connectivity index (χ0n) is 50.6. The maximum absolute atomic E-state index is 15.1. The van der Waals surface area contributed by atoms with Gasteiger partial charge in [0.1, 0.15) is 67.1 Å². The first kappa shape index (κ1) is 69.3. The van der Waals surface area contributed by atoms with E-state index in [0.717, 1.165) is 0 Å². The third-order valence-electron chi connectivity index (χ3n) is 14.8. The van der Waals surface area contributed by atoms with Gasteiger partial charge in [-0.05, 0) is 111 Å². The third kappa shape index (κ3) is 21.0. The Hall–Kier alpha value is -8.16. The van der Waals surface area contributed by atoms with E-state index >= 15 is 9.59 Å². The van der Waals surface area contributed by atoms with Crippen molar-refractivity contribution in [3.05, 3.63) is 199 Å². The molecule has 0 saturated carbocycles. The van der Waals surface area contributed by atoms with Crippen molar-refractivity contribution in [3.63, 3.8) is 0 Å². The molecule has 1 saturated heterocycles. The molecule has 6 aromatic rings. The van der Waals surface area contributed by atoms with Crippen LogP contribution in [0.1, 0.15) is 105 Å². The van der Waals surface area contributed by atoms with E-state index in [4.69, 9.17) is 70.1 Å². The SMILES string of the molecule is CC[C@H](C)[C@H](NC(=O)OC(C)(C)C)C(=O)N1CCC[C@H]1C(=O)N[C@@H](CCC(=O)OCc1ccccc1)C(=O)N[C@@H](Cc1ccc(OCc2c(Cl)cccc2Cl)cc1)C(=O)N[C@@H](Cc1ccc(OCc2c(Cl)cccc2Cl)cc1)C(=O)OCC(=O)c1ccccc1. The van der Waals surface area contributed by atoms with Crippen LogP contribution < -0.4 is 30.7 Å². The molecule has 4 N–H and O–H groups in total. The predicted molar refractivity (Wildman–Crippen MR) is 342 cm³/mol. The molecule has 476 valence electrons. The first-order chi connectivity index (χ1) is 43.0. The van der Waals surface area contributed by atoms with E-state index in [2.05, 4.69) is 21.3 Å². The van der Waals surface area contributed by atoms with Crippen LogP contribution in [0, 0.1) is 5.92 Å². The molecule has 1 aliphatic rings. The molecular formula is C68H73Cl4N5O13. The average molecular weight is 1310 g/mol. The molecule has 1 aliphatic heterocycles. The zero-order chi connectivity index (χ0) is 64.9. The summed E-state index contributed by atoms with van der Waals surface area (Å²) < 4.78 is 28.7. The Kier molecular flexibility index (Phi) is 25.9. The highest BCUT2D eigenvalue weighted by Gasteiger charge is 2.41. The molecule has 0 unspecified atom stereocenters. The summed E-state index contributed by atoms with van der Waals surface area (Å²) >= 11 is 25.6. The van der Waals surface area contributed by atoms with Gasteiger partial charge >= 0.3 is 18.0 Å². The quantitative estimate of drug-likeness (QED) is 0.0195. The second kappa shape index (κ2) is 33.6. The second-order valence-corrected chi connectivity index (χ2v) is 24.3. The zero-order valence-corrected chi connectivity index (χ0v) is 53.6. The van der Waals surface area contributed by atoms with Crippen LogP contribution in [-0.4, -0.2) is 101 Å². The van der Waals surface area contributed by atoms with E-state index in [1.807, 2.05) is 13.0 Å². The molecule has 0 aromatic heterocycles. The van der Waals surface area contributed by atoms with E-state index in [1.165, 1.54) is 4.90 Å². The topological polar surface area (TPSA) is 234 Å². The Morgan fingerprint density at radius 2 is 1.09 bits per heavy atom. The number of benzene rings is 6. The van der Waals surface area contributed by atoms with Crippen LogP contribution in [-0.2, 0) is 75.6 Å². The standard InChI is InChI=1S/C68H73Cl4N5O13/c1-6-42(2)61(76-67(85)90-68(3,4)5)65(83)77-35-15-24-58(77)64(82)73-55(33-34-60(79)88-38-45-16-9-7-10-17-45)62(80)74-56(36-43-25-29-47(30-26-43)86-39-49-51(69)20-13-21-52(49)70)63(81)75-57(66(84)89-41-59(78)46-18-11-8-12-19-46)37-44-27-31-48(32-28-44)87-40-50-53(71)22-14-23-54(50)72/h7-14,16-23,25-32,42,55-58,61H,6,15,24,33-41H2,1-5H3,(H,73,82)(H,74,80)(H,75,81)(H,76,85)/t42-,55-,56-,57-,58-,61-/m0/s1. The van der Waals surface area contributed by atoms with Gasteiger partial charge in [-0.1, -0.05) is 164 Å². The van der Waals surface area contributed by atoms with Crippen LogP contribution in [0.25, 0.3) is 0 Å². The van der Waals surface area contributed by atoms with Gasteiger partial charge in [0.2, 0.25) is 23.6 Å². The Labute approximate surface area is 543 Å². The van der Waals surface area contributed by atoms with Crippen molar-refractivity contribution < 1.29 is 62.0 Å². The second-order valence-electron chi connectivity index (χ2n) is 22.6. The number of nitrogens with zero attached hydrogens (tertiary/aromatic N) is 1. The van der Waals surface area contributed by atoms with E-state index in [-0.39, 0.29) is 70.0 Å². The molecule has 0 spiro atoms. The van der Waals surface area contributed by atoms with Crippen molar-refractivity contribution in [2.45, 2.75) is 135 Å². The van der Waals surface area contributed by atoms with Crippen molar-refractivity contribution in [2.24, 2.45) is 5.92 Å². The van der Waals surface area contributed by atoms with E-state index in [0.29, 0.717) is 72.2 Å². The molecule has 22 heteroatoms. The van der Waals surface area contributed by atoms with Gasteiger partial charge in [-0.3, -0.25) is 28.8 Å². The molecule has 1 fully saturated rings. The van der Waals surface area contributed by atoms with Crippen LogP contribution in [0.3, 0.4) is 0 Å². The van der Waals surface area contributed by atoms with Gasteiger partial charge in [0, 0.05) is 62.6 Å². The lowest BCUT2D eigenvalue weighted by molar-refractivity contribution is -0.147. The lowest BCUT2D eigenvalue weighted by Crippen LogP contribution is -2.59. The van der Waals surface area contributed by atoms with Gasteiger partial charge in [-0.25, -0.2) is 9.59 Å². The summed E-state index contributed by atoms with van der Waals surface area (Å²) in [5, 5.41) is 12.7. The Morgan fingerprint density at radius 1 is 0.578 bits per heavy atom. The molecule has 18 nitrogen and oxygen atoms in total. The summed E-state index contributed by atoms with van der Waals surface area (Å²) in [7, 11) is 0. The number of esters is 2. The number of ether oxygens (including phenoxy) is 5. The average Bonchev–Trinajstić information content (AvgIpc) is 3.75. The Morgan fingerprint density at radius 3 is 1.62 bits per heavy atom. The lowest BCUT2D eigenvalue weighted by atomic mass is 9.97. The number of alkyl carbamates (subject to hydrolysis) is 1. The van der Waals surface area contributed by atoms with Gasteiger partial charge in [0.05, 0.1) is 0 Å². The molecule has 0 aliphatic carbocycles. The van der Waals surface area contributed by atoms with Gasteiger partial charge in [0.15, 0.2) is 12.4 Å². The van der Waals surface area contributed by atoms with Gasteiger partial charge in [-0.2, -0.15) is 0 Å². The molecule has 5 amide bonds. The minimum Gasteiger partial charge on any atom is -0.489 e. The van der Waals surface area contributed by atoms with Gasteiger partial charge in [-0.15, -0.1) is 0 Å². The van der Waals surface area contributed by atoms with Crippen LogP contribution in [0.5, 0.6) is 11.5 Å². The molecule has 0 radical (unpaired) electrons. The molecule has 1 heterocycles. The first-order valence-electron chi connectivity index (χ1n) is 29.5. The smallest absolute Gasteiger partial charge is 0.408 e. The predicted octanol–water partition coefficient (Wildman–Crippen LogP) is 11.6. The van der Waals surface area contributed by atoms with Crippen LogP contribution in [0.4, 0.5) is 4.79 Å². The number of hydrogen-bond donors (Lipinski definition) is 4. The maximum atomic E-state index is 15.1. The lowest BCUT2D eigenvalue weighted by Gasteiger charge is -2.32. The molecule has 7 rings (SSSR count). The number of Topliss-reactive ketones (excluding diaryl/α,β-unsaturated/α-hetero) is 1. The number of hydrogen-bond acceptors (Lipinski definition) is 13. The molecule has 0 bridgehead atoms. The van der Waals surface area contributed by atoms with Crippen molar-refractivity contribution in [2.75, 3.05) is 13.2 Å². The summed E-state index contributed by atoms with van der Waals surface area (Å²) in [5.74, 6) is -4.75. The van der Waals surface area contributed by atoms with Crippen molar-refractivity contribution in [3.8, 4) is 11.5 Å². The maximum Gasteiger partial charge on any atom is 0.408 e. The highest BCUT2D eigenvalue weighted by molar-refractivity contribution is 6.36. The number of ketones is 1. The van der Waals surface area contributed by atoms with E-state index in [9.17, 15) is 28.8 Å². The minimum absolute atomic E-state index is 0.0294. The van der Waals surface area contributed by atoms with Crippen LogP contribution >= 0.6 is 46.4 Å². The van der Waals surface area contributed by atoms with Crippen LogP contribution in [0.2, 0.25) is 20.1 Å². The monoisotopic (exact) mass is 1310 g/mol. The van der Waals surface area contributed by atoms with Crippen molar-refractivity contribution >= 4 is 93.8 Å². The number of carbonyl (C=O) groups is 8. The Balaban J connectivity index is 1.18. The number of amides is 5. The van der Waals surface area contributed by atoms with Gasteiger partial charge in [0.25, 0.3) is 0 Å². The fourth-order valence-electron chi connectivity index (χ4n) is 9.67. The third-order valence-corrected chi connectivity index (χ3v) is 16.2. The van der Waals surface area contributed by atoms with Gasteiger partial charge < -0.3 is 49.9 Å². The number of rotatable bonds is 29. The minimum atomic E-state index is -1.52. The summed E-state index contributed by atoms with van der Waals surface area (Å²) in [4.78, 5) is 115. The molecule has 90 heavy (non-hydrogen) atoms. The number of halogens is 4. The summed E-state index contributed by atoms with van der Waals surface area (Å²) in [5.41, 5.74) is 2.30. The number of carbonyl (C=O) groups excluding carboxylic acids is 8. The summed E-state index contributed by atoms with van der Waals surface area (Å²) in [6.07, 6.45) is -0.796. The Bertz CT molecular complexity index is 3400. The van der Waals surface area contributed by atoms with Crippen LogP contribution in [0.15, 0.2) is 146 Å². The summed E-state index contributed by atoms with van der Waals surface area (Å²) in [6.45, 7) is 8.24. The number of nitrogens with one attached hydrogen (secondary N) is 4. The fraction of sp³-hybridized carbons (Fsp3) is 0.353. The van der Waals surface area contributed by atoms with Crippen molar-refractivity contribution in [1.29, 1.82) is 0 Å². The molecular weight excluding hydrogens is 1240 g/mol. The largest absolute Gasteiger partial charge is 0.489 e. The van der Waals surface area contributed by atoms with E-state index in [1.54, 1.807) is 167 Å². The van der Waals surface area contributed by atoms with Crippen molar-refractivity contribution in [1.82, 2.24) is 26.2 Å². The highest BCUT2D eigenvalue weighted by Crippen LogP contribution is 2.29. The fourth-order valence-corrected chi connectivity index (χ4v) is 10.7. The molecule has 6 aromatic carbocycles.